The van der Waals surface area contributed by atoms with Crippen LogP contribution >= 0.6 is 15.9 Å². The lowest BCUT2D eigenvalue weighted by molar-refractivity contribution is 0.291. The molecule has 0 aliphatic carbocycles. The Morgan fingerprint density at radius 2 is 2.06 bits per heavy atom. The monoisotopic (exact) mass is 307 g/mol. The second kappa shape index (κ2) is 6.40. The Morgan fingerprint density at radius 3 is 2.72 bits per heavy atom. The summed E-state index contributed by atoms with van der Waals surface area (Å²) in [6.07, 6.45) is 3.98. The molecule has 0 aliphatic heterocycles. The summed E-state index contributed by atoms with van der Waals surface area (Å²) in [4.78, 5) is 0. The summed E-state index contributed by atoms with van der Waals surface area (Å²) in [5.41, 5.74) is 2.01. The van der Waals surface area contributed by atoms with Gasteiger partial charge in [-0.1, -0.05) is 52.3 Å². The number of alkyl halides is 1. The van der Waals surface area contributed by atoms with E-state index in [1.807, 2.05) is 49.4 Å². The molecule has 0 N–H and O–H groups in total. The second-order valence-corrected chi connectivity index (χ2v) is 4.20. The Kier molecular flexibility index (Phi) is 4.59. The van der Waals surface area contributed by atoms with Crippen LogP contribution < -0.4 is 4.74 Å². The molecule has 0 bridgehead atoms. The zero-order valence-corrected chi connectivity index (χ0v) is 11.7. The first kappa shape index (κ1) is 12.9. The largest absolute Gasteiger partial charge is 0.475 e. The third kappa shape index (κ3) is 3.01. The normalized spacial score (nSPS) is 11.0. The average Bonchev–Trinajstić information content (AvgIpc) is 2.80. The van der Waals surface area contributed by atoms with Gasteiger partial charge in [0.05, 0.1) is 17.5 Å². The van der Waals surface area contributed by atoms with Crippen molar-refractivity contribution in [2.45, 2.75) is 12.3 Å². The van der Waals surface area contributed by atoms with Crippen molar-refractivity contribution in [1.82, 2.24) is 5.16 Å². The van der Waals surface area contributed by atoms with E-state index < -0.39 is 0 Å². The molecule has 2 rings (SSSR count). The molecule has 0 saturated carbocycles. The summed E-state index contributed by atoms with van der Waals surface area (Å²) in [6, 6.07) is 10.1. The van der Waals surface area contributed by atoms with Crippen molar-refractivity contribution in [3.8, 4) is 5.88 Å². The molecule has 0 unspecified atom stereocenters. The Hall–Kier alpha value is -1.55. The van der Waals surface area contributed by atoms with E-state index in [1.165, 1.54) is 0 Å². The molecule has 0 saturated heterocycles. The van der Waals surface area contributed by atoms with Gasteiger partial charge in [0.2, 0.25) is 0 Å². The molecule has 1 aromatic carbocycles. The van der Waals surface area contributed by atoms with Crippen molar-refractivity contribution in [2.75, 3.05) is 6.61 Å². The molecule has 4 heteroatoms. The molecule has 2 aromatic rings. The van der Waals surface area contributed by atoms with E-state index in [-0.39, 0.29) is 0 Å². The Balaban J connectivity index is 2.27. The van der Waals surface area contributed by atoms with Gasteiger partial charge in [-0.2, -0.15) is 0 Å². The van der Waals surface area contributed by atoms with Gasteiger partial charge < -0.3 is 9.26 Å². The highest BCUT2D eigenvalue weighted by Crippen LogP contribution is 2.25. The van der Waals surface area contributed by atoms with Crippen LogP contribution in [-0.2, 0) is 5.33 Å². The summed E-state index contributed by atoms with van der Waals surface area (Å²) < 4.78 is 10.6. The third-order valence-electron chi connectivity index (χ3n) is 2.41. The summed E-state index contributed by atoms with van der Waals surface area (Å²) in [7, 11) is 0. The number of hydrogen-bond donors (Lipinski definition) is 0. The molecule has 18 heavy (non-hydrogen) atoms. The molecule has 0 fully saturated rings. The number of benzene rings is 1. The van der Waals surface area contributed by atoms with Crippen LogP contribution in [0.25, 0.3) is 12.2 Å². The van der Waals surface area contributed by atoms with Gasteiger partial charge in [-0.05, 0) is 23.7 Å². The Morgan fingerprint density at radius 1 is 1.28 bits per heavy atom. The van der Waals surface area contributed by atoms with E-state index in [9.17, 15) is 0 Å². The fourth-order valence-corrected chi connectivity index (χ4v) is 1.96. The average molecular weight is 308 g/mol. The highest BCUT2D eigenvalue weighted by atomic mass is 79.9. The summed E-state index contributed by atoms with van der Waals surface area (Å²) in [5, 5.41) is 4.52. The molecule has 94 valence electrons. The fourth-order valence-electron chi connectivity index (χ4n) is 1.56. The summed E-state index contributed by atoms with van der Waals surface area (Å²) in [5.74, 6) is 1.31. The van der Waals surface area contributed by atoms with Crippen molar-refractivity contribution in [3.63, 3.8) is 0 Å². The predicted octanol–water partition coefficient (Wildman–Crippen LogP) is 4.14. The minimum absolute atomic E-state index is 0.541. The number of aromatic nitrogens is 1. The zero-order valence-electron chi connectivity index (χ0n) is 10.1. The molecule has 0 radical (unpaired) electrons. The molecule has 1 aromatic heterocycles. The first-order valence-electron chi connectivity index (χ1n) is 5.75. The van der Waals surface area contributed by atoms with Crippen molar-refractivity contribution >= 4 is 28.1 Å². The SMILES string of the molecule is CCOc1noc(CBr)c1/C=C/c1ccccc1. The fraction of sp³-hybridized carbons (Fsp3) is 0.214. The second-order valence-electron chi connectivity index (χ2n) is 3.64. The van der Waals surface area contributed by atoms with Gasteiger partial charge in [-0.25, -0.2) is 0 Å². The van der Waals surface area contributed by atoms with Gasteiger partial charge in [0, 0.05) is 0 Å². The van der Waals surface area contributed by atoms with E-state index >= 15 is 0 Å². The van der Waals surface area contributed by atoms with Gasteiger partial charge in [0.25, 0.3) is 5.88 Å². The lowest BCUT2D eigenvalue weighted by Gasteiger charge is -1.98. The standard InChI is InChI=1S/C14H14BrNO2/c1-2-17-14-12(13(10-15)18-16-14)9-8-11-6-4-3-5-7-11/h3-9H,2,10H2,1H3/b9-8+. The van der Waals surface area contributed by atoms with Gasteiger partial charge in [-0.15, -0.1) is 0 Å². The predicted molar refractivity (Wildman–Crippen MR) is 75.7 cm³/mol. The Labute approximate surface area is 115 Å². The molecule has 0 aliphatic rings. The van der Waals surface area contributed by atoms with Crippen molar-refractivity contribution < 1.29 is 9.26 Å². The van der Waals surface area contributed by atoms with Crippen LogP contribution in [0.4, 0.5) is 0 Å². The Bertz CT molecular complexity index is 520. The van der Waals surface area contributed by atoms with Crippen LogP contribution in [-0.4, -0.2) is 11.8 Å². The van der Waals surface area contributed by atoms with E-state index in [1.54, 1.807) is 0 Å². The van der Waals surface area contributed by atoms with Crippen LogP contribution in [0, 0.1) is 0 Å². The molecule has 0 atom stereocenters. The van der Waals surface area contributed by atoms with Crippen LogP contribution in [0.1, 0.15) is 23.8 Å². The van der Waals surface area contributed by atoms with Crippen LogP contribution in [0.3, 0.4) is 0 Å². The molecule has 0 amide bonds. The van der Waals surface area contributed by atoms with Crippen molar-refractivity contribution in [1.29, 1.82) is 0 Å². The van der Waals surface area contributed by atoms with Crippen molar-refractivity contribution in [2.24, 2.45) is 0 Å². The van der Waals surface area contributed by atoms with Crippen molar-refractivity contribution in [3.05, 3.63) is 47.2 Å². The number of rotatable bonds is 5. The van der Waals surface area contributed by atoms with Gasteiger partial charge >= 0.3 is 0 Å². The maximum absolute atomic E-state index is 5.43. The third-order valence-corrected chi connectivity index (χ3v) is 2.92. The van der Waals surface area contributed by atoms with Gasteiger partial charge in [0.1, 0.15) is 0 Å². The lowest BCUT2D eigenvalue weighted by atomic mass is 10.1. The number of ether oxygens (including phenoxy) is 1. The minimum Gasteiger partial charge on any atom is -0.475 e. The van der Waals surface area contributed by atoms with Gasteiger partial charge in [-0.3, -0.25) is 0 Å². The quantitative estimate of drug-likeness (QED) is 0.779. The molecular formula is C14H14BrNO2. The van der Waals surface area contributed by atoms with Gasteiger partial charge in [0.15, 0.2) is 5.76 Å². The summed E-state index contributed by atoms with van der Waals surface area (Å²) in [6.45, 7) is 2.49. The van der Waals surface area contributed by atoms with E-state index in [2.05, 4.69) is 21.1 Å². The molecule has 0 spiro atoms. The van der Waals surface area contributed by atoms with E-state index in [4.69, 9.17) is 9.26 Å². The van der Waals surface area contributed by atoms with Crippen LogP contribution in [0.2, 0.25) is 0 Å². The van der Waals surface area contributed by atoms with Crippen LogP contribution in [0.15, 0.2) is 34.9 Å². The maximum atomic E-state index is 5.43. The lowest BCUT2D eigenvalue weighted by Crippen LogP contribution is -1.93. The molecular weight excluding hydrogens is 294 g/mol. The maximum Gasteiger partial charge on any atom is 0.261 e. The van der Waals surface area contributed by atoms with Crippen LogP contribution in [0.5, 0.6) is 5.88 Å². The number of hydrogen-bond acceptors (Lipinski definition) is 3. The smallest absolute Gasteiger partial charge is 0.261 e. The molecule has 1 heterocycles. The first-order valence-corrected chi connectivity index (χ1v) is 6.87. The topological polar surface area (TPSA) is 35.3 Å². The van der Waals surface area contributed by atoms with E-state index in [0.29, 0.717) is 17.8 Å². The first-order chi connectivity index (χ1) is 8.85. The summed E-state index contributed by atoms with van der Waals surface area (Å²) >= 11 is 3.38. The zero-order chi connectivity index (χ0) is 12.8. The highest BCUT2D eigenvalue weighted by Gasteiger charge is 2.13. The number of halogens is 1. The minimum atomic E-state index is 0.541. The van der Waals surface area contributed by atoms with E-state index in [0.717, 1.165) is 16.9 Å². The number of nitrogens with zero attached hydrogens (tertiary/aromatic N) is 1. The highest BCUT2D eigenvalue weighted by molar-refractivity contribution is 9.08. The molecule has 3 nitrogen and oxygen atoms in total.